The molecule has 0 fully saturated rings. The molecule has 1 aromatic carbocycles. The normalized spacial score (nSPS) is 12.5. The van der Waals surface area contributed by atoms with E-state index in [4.69, 9.17) is 0 Å². The molecule has 2 aromatic heterocycles. The Kier molecular flexibility index (Phi) is 5.35. The monoisotopic (exact) mass is 420 g/mol. The molecule has 3 rings (SSSR count). The number of sulfonamides is 1. The minimum atomic E-state index is -3.69. The second-order valence-corrected chi connectivity index (χ2v) is 10.4. The van der Waals surface area contributed by atoms with Crippen LogP contribution in [0.2, 0.25) is 0 Å². The van der Waals surface area contributed by atoms with Gasteiger partial charge in [0.05, 0.1) is 15.5 Å². The molecule has 1 amide bonds. The van der Waals surface area contributed by atoms with Crippen molar-refractivity contribution in [3.8, 4) is 0 Å². The van der Waals surface area contributed by atoms with E-state index in [-0.39, 0.29) is 17.3 Å². The Hall–Kier alpha value is -2.23. The van der Waals surface area contributed by atoms with Crippen LogP contribution < -0.4 is 10.0 Å². The summed E-state index contributed by atoms with van der Waals surface area (Å²) in [6.45, 7) is 7.37. The largest absolute Gasteiger partial charge is 0.347 e. The Morgan fingerprint density at radius 2 is 1.93 bits per heavy atom. The highest BCUT2D eigenvalue weighted by molar-refractivity contribution is 7.89. The lowest BCUT2D eigenvalue weighted by Crippen LogP contribution is -2.41. The number of hydrogen-bond donors (Lipinski definition) is 2. The third-order valence-electron chi connectivity index (χ3n) is 4.06. The van der Waals surface area contributed by atoms with E-state index in [1.54, 1.807) is 49.7 Å². The molecule has 0 atom stereocenters. The second kappa shape index (κ2) is 7.31. The fraction of sp³-hybridized carbons (Fsp3) is 0.368. The molecule has 0 radical (unpaired) electrons. The summed E-state index contributed by atoms with van der Waals surface area (Å²) in [6, 6.07) is 8.50. The molecule has 3 aromatic rings. The number of carbonyl (C=O) groups is 1. The van der Waals surface area contributed by atoms with Crippen LogP contribution in [0.4, 0.5) is 0 Å². The van der Waals surface area contributed by atoms with Gasteiger partial charge in [-0.25, -0.2) is 13.1 Å². The first-order valence-corrected chi connectivity index (χ1v) is 11.1. The standard InChI is InChI=1S/C19H24N4O3S2/c1-12-14-10-15(27-18(14)23(5)21-12)17(24)20-11-13-8-6-7-9-16(13)28(25,26)22-19(2,3)4/h6-10,22H,11H2,1-5H3,(H,20,24). The van der Waals surface area contributed by atoms with Gasteiger partial charge in [-0.15, -0.1) is 11.3 Å². The van der Waals surface area contributed by atoms with E-state index in [0.29, 0.717) is 10.4 Å². The Morgan fingerprint density at radius 1 is 1.25 bits per heavy atom. The zero-order chi connectivity index (χ0) is 20.7. The topological polar surface area (TPSA) is 93.1 Å². The molecule has 9 heteroatoms. The van der Waals surface area contributed by atoms with Crippen molar-refractivity contribution in [1.82, 2.24) is 19.8 Å². The van der Waals surface area contributed by atoms with Gasteiger partial charge in [-0.05, 0) is 45.4 Å². The first-order valence-electron chi connectivity index (χ1n) is 8.81. The van der Waals surface area contributed by atoms with Gasteiger partial charge in [0.15, 0.2) is 0 Å². The SMILES string of the molecule is Cc1nn(C)c2sc(C(=O)NCc3ccccc3S(=O)(=O)NC(C)(C)C)cc12. The van der Waals surface area contributed by atoms with E-state index in [0.717, 1.165) is 15.9 Å². The van der Waals surface area contributed by atoms with Gasteiger partial charge in [0, 0.05) is 24.5 Å². The van der Waals surface area contributed by atoms with Gasteiger partial charge < -0.3 is 5.32 Å². The predicted octanol–water partition coefficient (Wildman–Crippen LogP) is 2.95. The maximum atomic E-state index is 12.7. The lowest BCUT2D eigenvalue weighted by molar-refractivity contribution is 0.0954. The van der Waals surface area contributed by atoms with E-state index in [2.05, 4.69) is 15.1 Å². The molecular formula is C19H24N4O3S2. The summed E-state index contributed by atoms with van der Waals surface area (Å²) in [6.07, 6.45) is 0. The van der Waals surface area contributed by atoms with Crippen LogP contribution in [-0.2, 0) is 23.6 Å². The molecule has 0 spiro atoms. The number of benzene rings is 1. The molecule has 0 saturated carbocycles. The van der Waals surface area contributed by atoms with Gasteiger partial charge in [-0.2, -0.15) is 5.10 Å². The van der Waals surface area contributed by atoms with E-state index >= 15 is 0 Å². The van der Waals surface area contributed by atoms with Crippen LogP contribution in [0.15, 0.2) is 35.2 Å². The minimum Gasteiger partial charge on any atom is -0.347 e. The lowest BCUT2D eigenvalue weighted by atomic mass is 10.1. The molecule has 7 nitrogen and oxygen atoms in total. The van der Waals surface area contributed by atoms with Crippen molar-refractivity contribution < 1.29 is 13.2 Å². The Morgan fingerprint density at radius 3 is 2.57 bits per heavy atom. The van der Waals surface area contributed by atoms with Crippen molar-refractivity contribution in [3.63, 3.8) is 0 Å². The van der Waals surface area contributed by atoms with Crippen molar-refractivity contribution in [2.45, 2.75) is 44.7 Å². The molecule has 2 heterocycles. The summed E-state index contributed by atoms with van der Waals surface area (Å²) < 4.78 is 29.8. The number of aryl methyl sites for hydroxylation is 2. The van der Waals surface area contributed by atoms with E-state index < -0.39 is 15.6 Å². The molecule has 0 unspecified atom stereocenters. The van der Waals surface area contributed by atoms with E-state index in [1.165, 1.54) is 11.3 Å². The summed E-state index contributed by atoms with van der Waals surface area (Å²) in [4.78, 5) is 14.3. The highest BCUT2D eigenvalue weighted by Crippen LogP contribution is 2.27. The highest BCUT2D eigenvalue weighted by atomic mass is 32.2. The number of carbonyl (C=O) groups excluding carboxylic acids is 1. The molecule has 0 bridgehead atoms. The van der Waals surface area contributed by atoms with Crippen molar-refractivity contribution in [1.29, 1.82) is 0 Å². The smallest absolute Gasteiger partial charge is 0.261 e. The molecule has 28 heavy (non-hydrogen) atoms. The molecule has 0 aliphatic rings. The maximum Gasteiger partial charge on any atom is 0.261 e. The van der Waals surface area contributed by atoms with Gasteiger partial charge >= 0.3 is 0 Å². The fourth-order valence-electron chi connectivity index (χ4n) is 2.95. The average molecular weight is 421 g/mol. The van der Waals surface area contributed by atoms with Crippen LogP contribution in [0.3, 0.4) is 0 Å². The lowest BCUT2D eigenvalue weighted by Gasteiger charge is -2.21. The van der Waals surface area contributed by atoms with Crippen LogP contribution in [-0.4, -0.2) is 29.6 Å². The number of hydrogen-bond acceptors (Lipinski definition) is 5. The summed E-state index contributed by atoms with van der Waals surface area (Å²) in [5.74, 6) is -0.239. The first-order chi connectivity index (χ1) is 13.0. The predicted molar refractivity (Wildman–Crippen MR) is 111 cm³/mol. The quantitative estimate of drug-likeness (QED) is 0.664. The molecule has 0 aliphatic heterocycles. The van der Waals surface area contributed by atoms with Crippen LogP contribution in [0.1, 0.15) is 41.7 Å². The minimum absolute atomic E-state index is 0.117. The number of rotatable bonds is 5. The molecule has 0 saturated heterocycles. The van der Waals surface area contributed by atoms with Crippen molar-refractivity contribution in [2.75, 3.05) is 0 Å². The van der Waals surface area contributed by atoms with Crippen molar-refractivity contribution in [2.24, 2.45) is 7.05 Å². The van der Waals surface area contributed by atoms with Crippen LogP contribution in [0.25, 0.3) is 10.2 Å². The van der Waals surface area contributed by atoms with Gasteiger partial charge in [0.1, 0.15) is 4.83 Å². The zero-order valence-corrected chi connectivity index (χ0v) is 18.2. The van der Waals surface area contributed by atoms with Crippen LogP contribution in [0.5, 0.6) is 0 Å². The molecular weight excluding hydrogens is 396 g/mol. The third kappa shape index (κ3) is 4.26. The van der Waals surface area contributed by atoms with Crippen LogP contribution in [0, 0.1) is 6.92 Å². The Balaban J connectivity index is 1.81. The van der Waals surface area contributed by atoms with Gasteiger partial charge in [0.2, 0.25) is 10.0 Å². The van der Waals surface area contributed by atoms with Gasteiger partial charge in [-0.3, -0.25) is 9.48 Å². The van der Waals surface area contributed by atoms with E-state index in [1.807, 2.05) is 20.0 Å². The Labute approximate surface area is 168 Å². The number of aromatic nitrogens is 2. The maximum absolute atomic E-state index is 12.7. The number of nitrogens with zero attached hydrogens (tertiary/aromatic N) is 2. The van der Waals surface area contributed by atoms with E-state index in [9.17, 15) is 13.2 Å². The number of nitrogens with one attached hydrogen (secondary N) is 2. The van der Waals surface area contributed by atoms with Crippen molar-refractivity contribution >= 4 is 37.5 Å². The average Bonchev–Trinajstić information content (AvgIpc) is 3.13. The molecule has 150 valence electrons. The van der Waals surface area contributed by atoms with Crippen molar-refractivity contribution in [3.05, 3.63) is 46.5 Å². The second-order valence-electron chi connectivity index (χ2n) is 7.68. The fourth-order valence-corrected chi connectivity index (χ4v) is 5.65. The molecule has 0 aliphatic carbocycles. The summed E-state index contributed by atoms with van der Waals surface area (Å²) in [5, 5.41) is 8.12. The highest BCUT2D eigenvalue weighted by Gasteiger charge is 2.24. The number of fused-ring (bicyclic) bond motifs is 1. The first kappa shape index (κ1) is 20.5. The molecule has 2 N–H and O–H groups in total. The third-order valence-corrected chi connectivity index (χ3v) is 7.12. The zero-order valence-electron chi connectivity index (χ0n) is 16.5. The number of thiophene rings is 1. The van der Waals surface area contributed by atoms with Gasteiger partial charge in [-0.1, -0.05) is 18.2 Å². The summed E-state index contributed by atoms with van der Waals surface area (Å²) in [5.41, 5.74) is 0.807. The summed E-state index contributed by atoms with van der Waals surface area (Å²) in [7, 11) is -1.85. The summed E-state index contributed by atoms with van der Waals surface area (Å²) >= 11 is 1.36. The number of amides is 1. The Bertz CT molecular complexity index is 1100. The van der Waals surface area contributed by atoms with Crippen LogP contribution >= 0.6 is 11.3 Å². The van der Waals surface area contributed by atoms with Gasteiger partial charge in [0.25, 0.3) is 5.91 Å².